The van der Waals surface area contributed by atoms with Crippen molar-refractivity contribution in [3.8, 4) is 11.5 Å². The predicted molar refractivity (Wildman–Crippen MR) is 92.3 cm³/mol. The van der Waals surface area contributed by atoms with E-state index in [0.717, 1.165) is 36.4 Å². The van der Waals surface area contributed by atoms with Crippen molar-refractivity contribution in [2.75, 3.05) is 5.32 Å². The second kappa shape index (κ2) is 7.67. The summed E-state index contributed by atoms with van der Waals surface area (Å²) in [6.45, 7) is 0. The highest BCUT2D eigenvalue weighted by Crippen LogP contribution is 2.39. The molecule has 0 aliphatic carbocycles. The van der Waals surface area contributed by atoms with Gasteiger partial charge >= 0.3 is 6.18 Å². The summed E-state index contributed by atoms with van der Waals surface area (Å²) < 4.78 is 71.3. The molecule has 28 heavy (non-hydrogen) atoms. The fourth-order valence-electron chi connectivity index (χ4n) is 2.35. The summed E-state index contributed by atoms with van der Waals surface area (Å²) in [5.41, 5.74) is -1.15. The molecular weight excluding hydrogens is 381 g/mol. The second-order valence-corrected chi connectivity index (χ2v) is 5.73. The Balaban J connectivity index is 1.86. The van der Waals surface area contributed by atoms with Crippen LogP contribution in [0.2, 0.25) is 0 Å². The number of ether oxygens (including phenoxy) is 1. The minimum absolute atomic E-state index is 0.0231. The van der Waals surface area contributed by atoms with Crippen molar-refractivity contribution in [3.05, 3.63) is 89.5 Å². The van der Waals surface area contributed by atoms with Gasteiger partial charge in [-0.2, -0.15) is 13.2 Å². The van der Waals surface area contributed by atoms with Gasteiger partial charge in [-0.05, 0) is 66.7 Å². The first-order valence-corrected chi connectivity index (χ1v) is 7.94. The van der Waals surface area contributed by atoms with Crippen LogP contribution in [0, 0.1) is 11.6 Å². The lowest BCUT2D eigenvalue weighted by atomic mass is 10.1. The van der Waals surface area contributed by atoms with E-state index in [1.807, 2.05) is 0 Å². The maximum absolute atomic E-state index is 13.4. The van der Waals surface area contributed by atoms with E-state index in [9.17, 15) is 26.7 Å². The lowest BCUT2D eigenvalue weighted by Crippen LogP contribution is -2.13. The van der Waals surface area contributed by atoms with Gasteiger partial charge in [0, 0.05) is 11.3 Å². The topological polar surface area (TPSA) is 38.3 Å². The van der Waals surface area contributed by atoms with Gasteiger partial charge in [-0.3, -0.25) is 4.79 Å². The monoisotopic (exact) mass is 393 g/mol. The SMILES string of the molecule is O=C(Nc1ccc(Oc2ccc(F)cc2)c(C(F)(F)F)c1)c1ccc(F)cc1. The molecular formula is C20H12F5NO2. The smallest absolute Gasteiger partial charge is 0.420 e. The van der Waals surface area contributed by atoms with E-state index < -0.39 is 35.0 Å². The number of halogens is 5. The predicted octanol–water partition coefficient (Wildman–Crippen LogP) is 6.03. The van der Waals surface area contributed by atoms with Crippen molar-refractivity contribution in [2.45, 2.75) is 6.18 Å². The lowest BCUT2D eigenvalue weighted by Gasteiger charge is -2.15. The van der Waals surface area contributed by atoms with E-state index in [1.165, 1.54) is 30.3 Å². The van der Waals surface area contributed by atoms with E-state index in [1.54, 1.807) is 0 Å². The van der Waals surface area contributed by atoms with Gasteiger partial charge in [0.1, 0.15) is 28.7 Å². The number of hydrogen-bond donors (Lipinski definition) is 1. The summed E-state index contributed by atoms with van der Waals surface area (Å²) in [5, 5.41) is 2.32. The maximum Gasteiger partial charge on any atom is 0.420 e. The summed E-state index contributed by atoms with van der Waals surface area (Å²) in [5.74, 6) is -2.27. The van der Waals surface area contributed by atoms with Gasteiger partial charge in [-0.25, -0.2) is 8.78 Å². The van der Waals surface area contributed by atoms with Gasteiger partial charge in [0.05, 0.1) is 0 Å². The highest BCUT2D eigenvalue weighted by Gasteiger charge is 2.35. The van der Waals surface area contributed by atoms with Crippen LogP contribution in [0.1, 0.15) is 15.9 Å². The number of carbonyl (C=O) groups excluding carboxylic acids is 1. The van der Waals surface area contributed by atoms with Crippen molar-refractivity contribution < 1.29 is 31.5 Å². The molecule has 8 heteroatoms. The maximum atomic E-state index is 13.4. The molecule has 0 atom stereocenters. The number of carbonyl (C=O) groups is 1. The van der Waals surface area contributed by atoms with Crippen molar-refractivity contribution in [1.82, 2.24) is 0 Å². The van der Waals surface area contributed by atoms with E-state index in [0.29, 0.717) is 0 Å². The lowest BCUT2D eigenvalue weighted by molar-refractivity contribution is -0.138. The molecule has 1 N–H and O–H groups in total. The Kier molecular flexibility index (Phi) is 5.30. The normalized spacial score (nSPS) is 11.2. The highest BCUT2D eigenvalue weighted by atomic mass is 19.4. The summed E-state index contributed by atoms with van der Waals surface area (Å²) in [4.78, 5) is 12.1. The van der Waals surface area contributed by atoms with Gasteiger partial charge in [0.25, 0.3) is 5.91 Å². The van der Waals surface area contributed by atoms with Crippen LogP contribution >= 0.6 is 0 Å². The molecule has 144 valence electrons. The molecule has 0 saturated carbocycles. The third-order valence-electron chi connectivity index (χ3n) is 3.69. The van der Waals surface area contributed by atoms with E-state index >= 15 is 0 Å². The summed E-state index contributed by atoms with van der Waals surface area (Å²) in [6.07, 6.45) is -4.76. The molecule has 0 unspecified atom stereocenters. The van der Waals surface area contributed by atoms with Crippen LogP contribution in [0.5, 0.6) is 11.5 Å². The summed E-state index contributed by atoms with van der Waals surface area (Å²) in [7, 11) is 0. The molecule has 3 rings (SSSR count). The Hall–Kier alpha value is -3.42. The zero-order chi connectivity index (χ0) is 20.3. The van der Waals surface area contributed by atoms with Gasteiger partial charge in [0.2, 0.25) is 0 Å². The van der Waals surface area contributed by atoms with E-state index in [4.69, 9.17) is 4.74 Å². The molecule has 0 radical (unpaired) electrons. The molecule has 0 spiro atoms. The van der Waals surface area contributed by atoms with Gasteiger partial charge in [-0.1, -0.05) is 0 Å². The van der Waals surface area contributed by atoms with Crippen LogP contribution < -0.4 is 10.1 Å². The second-order valence-electron chi connectivity index (χ2n) is 5.73. The molecule has 3 aromatic rings. The third-order valence-corrected chi connectivity index (χ3v) is 3.69. The van der Waals surface area contributed by atoms with Crippen LogP contribution in [0.3, 0.4) is 0 Å². The molecule has 3 nitrogen and oxygen atoms in total. The van der Waals surface area contributed by atoms with Crippen LogP contribution in [0.25, 0.3) is 0 Å². The molecule has 0 heterocycles. The number of rotatable bonds is 4. The number of nitrogens with one attached hydrogen (secondary N) is 1. The van der Waals surface area contributed by atoms with Crippen molar-refractivity contribution >= 4 is 11.6 Å². The Labute approximate surface area is 156 Å². The van der Waals surface area contributed by atoms with Gasteiger partial charge < -0.3 is 10.1 Å². The Morgan fingerprint density at radius 3 is 1.96 bits per heavy atom. The molecule has 0 aliphatic heterocycles. The van der Waals surface area contributed by atoms with Crippen molar-refractivity contribution in [1.29, 1.82) is 0 Å². The Bertz CT molecular complexity index is 983. The number of amides is 1. The van der Waals surface area contributed by atoms with Crippen molar-refractivity contribution in [2.24, 2.45) is 0 Å². The number of alkyl halides is 3. The first-order valence-electron chi connectivity index (χ1n) is 7.94. The van der Waals surface area contributed by atoms with Crippen molar-refractivity contribution in [3.63, 3.8) is 0 Å². The molecule has 0 fully saturated rings. The molecule has 0 aromatic heterocycles. The number of anilines is 1. The largest absolute Gasteiger partial charge is 0.457 e. The van der Waals surface area contributed by atoms with Gasteiger partial charge in [0.15, 0.2) is 0 Å². The average molecular weight is 393 g/mol. The minimum Gasteiger partial charge on any atom is -0.457 e. The average Bonchev–Trinajstić information content (AvgIpc) is 2.64. The Morgan fingerprint density at radius 1 is 0.821 bits per heavy atom. The molecule has 0 saturated heterocycles. The first-order chi connectivity index (χ1) is 13.2. The van der Waals surface area contributed by atoms with Crippen LogP contribution in [-0.4, -0.2) is 5.91 Å². The van der Waals surface area contributed by atoms with Crippen LogP contribution in [0.15, 0.2) is 66.7 Å². The fourth-order valence-corrected chi connectivity index (χ4v) is 2.35. The van der Waals surface area contributed by atoms with Gasteiger partial charge in [-0.15, -0.1) is 0 Å². The van der Waals surface area contributed by atoms with E-state index in [2.05, 4.69) is 5.32 Å². The molecule has 0 aliphatic rings. The number of benzene rings is 3. The zero-order valence-corrected chi connectivity index (χ0v) is 14.1. The molecule has 3 aromatic carbocycles. The molecule has 0 bridgehead atoms. The summed E-state index contributed by atoms with van der Waals surface area (Å²) >= 11 is 0. The Morgan fingerprint density at radius 2 is 1.39 bits per heavy atom. The van der Waals surface area contributed by atoms with Crippen LogP contribution in [0.4, 0.5) is 27.6 Å². The minimum atomic E-state index is -4.76. The number of hydrogen-bond acceptors (Lipinski definition) is 2. The fraction of sp³-hybridized carbons (Fsp3) is 0.0500. The zero-order valence-electron chi connectivity index (χ0n) is 14.1. The summed E-state index contributed by atoms with van der Waals surface area (Å²) in [6, 6.07) is 12.1. The van der Waals surface area contributed by atoms with Crippen LogP contribution in [-0.2, 0) is 6.18 Å². The quantitative estimate of drug-likeness (QED) is 0.550. The molecule has 1 amide bonds. The highest BCUT2D eigenvalue weighted by molar-refractivity contribution is 6.04. The van der Waals surface area contributed by atoms with E-state index in [-0.39, 0.29) is 17.0 Å². The third kappa shape index (κ3) is 4.64. The first kappa shape index (κ1) is 19.3. The standard InChI is InChI=1S/C20H12F5NO2/c21-13-3-1-12(2-4-13)19(27)26-15-7-10-18(17(11-15)20(23,24)25)28-16-8-5-14(22)6-9-16/h1-11H,(H,26,27).